The second-order valence-electron chi connectivity index (χ2n) is 7.07. The van der Waals surface area contributed by atoms with Crippen LogP contribution in [0.2, 0.25) is 0 Å². The highest BCUT2D eigenvalue weighted by Gasteiger charge is 2.22. The molecule has 1 amide bonds. The fourth-order valence-corrected chi connectivity index (χ4v) is 4.19. The second kappa shape index (κ2) is 9.65. The Kier molecular flexibility index (Phi) is 6.51. The molecule has 4 rings (SSSR count). The Labute approximate surface area is 185 Å². The van der Waals surface area contributed by atoms with Gasteiger partial charge in [0.25, 0.3) is 0 Å². The van der Waals surface area contributed by atoms with Gasteiger partial charge in [-0.3, -0.25) is 4.79 Å². The van der Waals surface area contributed by atoms with Crippen LogP contribution in [0.25, 0.3) is 0 Å². The molecule has 162 valence electrons. The number of amides is 1. The maximum absolute atomic E-state index is 12.8. The Morgan fingerprint density at radius 1 is 1.13 bits per heavy atom. The summed E-state index contributed by atoms with van der Waals surface area (Å²) in [6.07, 6.45) is 2.08. The van der Waals surface area contributed by atoms with Crippen LogP contribution in [-0.2, 0) is 11.2 Å². The Morgan fingerprint density at radius 3 is 2.68 bits per heavy atom. The molecule has 0 aliphatic carbocycles. The fraction of sp³-hybridized carbons (Fsp3) is 0.318. The molecule has 3 heterocycles. The minimum Gasteiger partial charge on any atom is -0.497 e. The van der Waals surface area contributed by atoms with Crippen LogP contribution in [0.15, 0.2) is 48.0 Å². The van der Waals surface area contributed by atoms with Gasteiger partial charge in [-0.1, -0.05) is 6.07 Å². The topological polar surface area (TPSA) is 79.8 Å². The number of ether oxygens (including phenoxy) is 2. The summed E-state index contributed by atoms with van der Waals surface area (Å²) >= 11 is 1.46. The predicted molar refractivity (Wildman–Crippen MR) is 122 cm³/mol. The number of pyridine rings is 1. The highest BCUT2D eigenvalue weighted by molar-refractivity contribution is 7.13. The van der Waals surface area contributed by atoms with Gasteiger partial charge in [-0.15, -0.1) is 11.3 Å². The lowest BCUT2D eigenvalue weighted by Crippen LogP contribution is -2.49. The first kappa shape index (κ1) is 20.9. The molecular weight excluding hydrogens is 414 g/mol. The molecule has 1 aromatic carbocycles. The van der Waals surface area contributed by atoms with E-state index in [9.17, 15) is 4.79 Å². The summed E-state index contributed by atoms with van der Waals surface area (Å²) in [5.41, 5.74) is 1.52. The molecule has 1 aliphatic rings. The van der Waals surface area contributed by atoms with Crippen molar-refractivity contribution in [3.63, 3.8) is 0 Å². The number of piperazine rings is 1. The Hall–Kier alpha value is -3.33. The number of hydrogen-bond acceptors (Lipinski definition) is 8. The summed E-state index contributed by atoms with van der Waals surface area (Å²) in [5, 5.41) is 5.88. The van der Waals surface area contributed by atoms with E-state index in [1.807, 2.05) is 46.7 Å². The molecule has 3 aromatic rings. The van der Waals surface area contributed by atoms with Crippen LogP contribution in [0.4, 0.5) is 16.6 Å². The first-order valence-electron chi connectivity index (χ1n) is 10.0. The lowest BCUT2D eigenvalue weighted by Gasteiger charge is -2.35. The molecule has 0 atom stereocenters. The smallest absolute Gasteiger partial charge is 0.228 e. The summed E-state index contributed by atoms with van der Waals surface area (Å²) in [4.78, 5) is 25.8. The third-order valence-corrected chi connectivity index (χ3v) is 5.94. The molecule has 0 saturated carbocycles. The number of carbonyl (C=O) groups excluding carboxylic acids is 1. The number of methoxy groups -OCH3 is 2. The zero-order chi connectivity index (χ0) is 21.6. The molecule has 0 bridgehead atoms. The van der Waals surface area contributed by atoms with E-state index in [0.29, 0.717) is 24.0 Å². The molecule has 1 N–H and O–H groups in total. The van der Waals surface area contributed by atoms with Crippen molar-refractivity contribution in [1.82, 2.24) is 14.9 Å². The van der Waals surface area contributed by atoms with Gasteiger partial charge in [0.1, 0.15) is 17.3 Å². The minimum absolute atomic E-state index is 0.0940. The lowest BCUT2D eigenvalue weighted by atomic mass is 10.2. The normalized spacial score (nSPS) is 13.7. The predicted octanol–water partition coefficient (Wildman–Crippen LogP) is 3.19. The molecular formula is C22H25N5O3S. The molecule has 31 heavy (non-hydrogen) atoms. The van der Waals surface area contributed by atoms with Gasteiger partial charge in [0.2, 0.25) is 5.91 Å². The standard InChI is InChI=1S/C22H25N5O3S/c1-29-17-6-7-19(30-2)18(14-17)25-22-24-16(15-31-22)13-21(28)27-11-9-26(10-12-27)20-5-3-4-8-23-20/h3-8,14-15H,9-13H2,1-2H3,(H,24,25). The number of anilines is 3. The molecule has 9 heteroatoms. The highest BCUT2D eigenvalue weighted by Crippen LogP contribution is 2.32. The number of rotatable bonds is 7. The van der Waals surface area contributed by atoms with Gasteiger partial charge < -0.3 is 24.6 Å². The van der Waals surface area contributed by atoms with Gasteiger partial charge >= 0.3 is 0 Å². The summed E-state index contributed by atoms with van der Waals surface area (Å²) in [5.74, 6) is 2.47. The number of aromatic nitrogens is 2. The fourth-order valence-electron chi connectivity index (χ4n) is 3.47. The van der Waals surface area contributed by atoms with E-state index in [1.54, 1.807) is 20.4 Å². The average molecular weight is 440 g/mol. The minimum atomic E-state index is 0.0940. The first-order valence-corrected chi connectivity index (χ1v) is 10.9. The van der Waals surface area contributed by atoms with Gasteiger partial charge in [0.05, 0.1) is 32.0 Å². The number of hydrogen-bond donors (Lipinski definition) is 1. The zero-order valence-corrected chi connectivity index (χ0v) is 18.4. The lowest BCUT2D eigenvalue weighted by molar-refractivity contribution is -0.130. The summed E-state index contributed by atoms with van der Waals surface area (Å²) in [7, 11) is 3.24. The number of nitrogens with zero attached hydrogens (tertiary/aromatic N) is 4. The van der Waals surface area contributed by atoms with E-state index in [4.69, 9.17) is 9.47 Å². The molecule has 1 saturated heterocycles. The second-order valence-corrected chi connectivity index (χ2v) is 7.93. The van der Waals surface area contributed by atoms with Crippen LogP contribution < -0.4 is 19.7 Å². The van der Waals surface area contributed by atoms with Gasteiger partial charge in [0, 0.05) is 43.8 Å². The van der Waals surface area contributed by atoms with Gasteiger partial charge in [-0.2, -0.15) is 0 Å². The number of carbonyl (C=O) groups is 1. The SMILES string of the molecule is COc1ccc(OC)c(Nc2nc(CC(=O)N3CCN(c4ccccn4)CC3)cs2)c1. The van der Waals surface area contributed by atoms with Crippen LogP contribution in [0.5, 0.6) is 11.5 Å². The van der Waals surface area contributed by atoms with Crippen molar-refractivity contribution < 1.29 is 14.3 Å². The van der Waals surface area contributed by atoms with Crippen LogP contribution in [0.3, 0.4) is 0 Å². The molecule has 0 radical (unpaired) electrons. The van der Waals surface area contributed by atoms with Crippen LogP contribution in [-0.4, -0.2) is 61.2 Å². The van der Waals surface area contributed by atoms with Crippen LogP contribution in [0.1, 0.15) is 5.69 Å². The first-order chi connectivity index (χ1) is 15.2. The van der Waals surface area contributed by atoms with Gasteiger partial charge in [-0.25, -0.2) is 9.97 Å². The maximum Gasteiger partial charge on any atom is 0.228 e. The number of benzene rings is 1. The van der Waals surface area contributed by atoms with E-state index in [-0.39, 0.29) is 12.3 Å². The number of thiazole rings is 1. The van der Waals surface area contributed by atoms with Crippen LogP contribution in [0, 0.1) is 0 Å². The van der Waals surface area contributed by atoms with Crippen LogP contribution >= 0.6 is 11.3 Å². The molecule has 0 unspecified atom stereocenters. The summed E-state index contributed by atoms with van der Waals surface area (Å²) < 4.78 is 10.7. The summed E-state index contributed by atoms with van der Waals surface area (Å²) in [6, 6.07) is 11.4. The van der Waals surface area contributed by atoms with Gasteiger partial charge in [0.15, 0.2) is 5.13 Å². The van der Waals surface area contributed by atoms with Crippen molar-refractivity contribution >= 4 is 33.9 Å². The Bertz CT molecular complexity index is 1020. The Balaban J connectivity index is 1.34. The Morgan fingerprint density at radius 2 is 1.97 bits per heavy atom. The van der Waals surface area contributed by atoms with Crippen molar-refractivity contribution in [3.8, 4) is 11.5 Å². The van der Waals surface area contributed by atoms with E-state index in [2.05, 4.69) is 20.2 Å². The average Bonchev–Trinajstić information content (AvgIpc) is 3.26. The molecule has 1 aliphatic heterocycles. The van der Waals surface area contributed by atoms with Gasteiger partial charge in [-0.05, 0) is 24.3 Å². The van der Waals surface area contributed by atoms with Crippen molar-refractivity contribution in [1.29, 1.82) is 0 Å². The molecule has 1 fully saturated rings. The third-order valence-electron chi connectivity index (χ3n) is 5.14. The third kappa shape index (κ3) is 5.05. The summed E-state index contributed by atoms with van der Waals surface area (Å²) in [6.45, 7) is 2.93. The van der Waals surface area contributed by atoms with E-state index in [0.717, 1.165) is 36.0 Å². The molecule has 8 nitrogen and oxygen atoms in total. The highest BCUT2D eigenvalue weighted by atomic mass is 32.1. The van der Waals surface area contributed by atoms with E-state index < -0.39 is 0 Å². The maximum atomic E-state index is 12.8. The molecule has 0 spiro atoms. The number of nitrogens with one attached hydrogen (secondary N) is 1. The van der Waals surface area contributed by atoms with Crippen molar-refractivity contribution in [3.05, 3.63) is 53.7 Å². The monoisotopic (exact) mass is 439 g/mol. The van der Waals surface area contributed by atoms with Crippen molar-refractivity contribution in [2.24, 2.45) is 0 Å². The molecule has 2 aromatic heterocycles. The largest absolute Gasteiger partial charge is 0.497 e. The van der Waals surface area contributed by atoms with E-state index in [1.165, 1.54) is 11.3 Å². The quantitative estimate of drug-likeness (QED) is 0.606. The zero-order valence-electron chi connectivity index (χ0n) is 17.6. The van der Waals surface area contributed by atoms with Crippen molar-refractivity contribution in [2.45, 2.75) is 6.42 Å². The van der Waals surface area contributed by atoms with E-state index >= 15 is 0 Å². The van der Waals surface area contributed by atoms with Crippen molar-refractivity contribution in [2.75, 3.05) is 50.6 Å².